The minimum Gasteiger partial charge on any atom is -0.393 e. The predicted octanol–water partition coefficient (Wildman–Crippen LogP) is 2.65. The van der Waals surface area contributed by atoms with Crippen molar-refractivity contribution in [2.75, 3.05) is 11.9 Å². The maximum Gasteiger partial charge on any atom is 0.0585 e. The number of aliphatic hydroxyl groups excluding tert-OH is 1. The van der Waals surface area contributed by atoms with Crippen molar-refractivity contribution >= 4 is 5.69 Å². The fourth-order valence-corrected chi connectivity index (χ4v) is 2.23. The Morgan fingerprint density at radius 3 is 2.60 bits per heavy atom. The minimum atomic E-state index is -0.102. The van der Waals surface area contributed by atoms with E-state index in [-0.39, 0.29) is 6.10 Å². The van der Waals surface area contributed by atoms with Gasteiger partial charge in [0.2, 0.25) is 0 Å². The molecule has 1 unspecified atom stereocenters. The van der Waals surface area contributed by atoms with Crippen LogP contribution in [0.5, 0.6) is 0 Å². The van der Waals surface area contributed by atoms with Crippen molar-refractivity contribution in [1.29, 1.82) is 0 Å². The van der Waals surface area contributed by atoms with Gasteiger partial charge in [-0.15, -0.1) is 0 Å². The van der Waals surface area contributed by atoms with Gasteiger partial charge < -0.3 is 10.4 Å². The highest BCUT2D eigenvalue weighted by atomic mass is 16.3. The van der Waals surface area contributed by atoms with Gasteiger partial charge >= 0.3 is 0 Å². The Balaban J connectivity index is 1.82. The third kappa shape index (κ3) is 2.96. The Kier molecular flexibility index (Phi) is 3.62. The smallest absolute Gasteiger partial charge is 0.0585 e. The number of hydrogen-bond acceptors (Lipinski definition) is 2. The van der Waals surface area contributed by atoms with Gasteiger partial charge in [0.15, 0.2) is 0 Å². The Hall–Kier alpha value is -1.02. The van der Waals surface area contributed by atoms with Crippen LogP contribution < -0.4 is 5.32 Å². The topological polar surface area (TPSA) is 32.3 Å². The van der Waals surface area contributed by atoms with Gasteiger partial charge in [0.25, 0.3) is 0 Å². The number of nitrogens with one attached hydrogen (secondary N) is 1. The van der Waals surface area contributed by atoms with Crippen LogP contribution in [0.4, 0.5) is 5.69 Å². The lowest BCUT2D eigenvalue weighted by atomic mass is 9.86. The van der Waals surface area contributed by atoms with E-state index in [1.54, 1.807) is 0 Å². The van der Waals surface area contributed by atoms with Crippen molar-refractivity contribution in [2.45, 2.75) is 31.8 Å². The van der Waals surface area contributed by atoms with E-state index < -0.39 is 0 Å². The first-order chi connectivity index (χ1) is 7.36. The number of anilines is 1. The second-order valence-corrected chi connectivity index (χ2v) is 4.36. The summed E-state index contributed by atoms with van der Waals surface area (Å²) in [4.78, 5) is 0. The van der Waals surface area contributed by atoms with Crippen molar-refractivity contribution < 1.29 is 5.11 Å². The molecule has 0 saturated heterocycles. The average Bonchev–Trinajstić information content (AvgIpc) is 2.29. The molecular formula is C13H19NO. The van der Waals surface area contributed by atoms with Gasteiger partial charge in [0.1, 0.15) is 0 Å². The van der Waals surface area contributed by atoms with Crippen molar-refractivity contribution in [3.8, 4) is 0 Å². The molecule has 0 bridgehead atoms. The Morgan fingerprint density at radius 2 is 1.87 bits per heavy atom. The van der Waals surface area contributed by atoms with E-state index in [1.807, 2.05) is 18.2 Å². The first-order valence-corrected chi connectivity index (χ1v) is 5.83. The van der Waals surface area contributed by atoms with Gasteiger partial charge in [0.05, 0.1) is 6.10 Å². The molecule has 2 rings (SSSR count). The van der Waals surface area contributed by atoms with Crippen LogP contribution in [0, 0.1) is 5.92 Å². The quantitative estimate of drug-likeness (QED) is 0.795. The summed E-state index contributed by atoms with van der Waals surface area (Å²) >= 11 is 0. The number of benzene rings is 1. The first kappa shape index (κ1) is 10.5. The molecule has 0 amide bonds. The van der Waals surface area contributed by atoms with Crippen LogP contribution in [0.2, 0.25) is 0 Å². The van der Waals surface area contributed by atoms with Crippen molar-refractivity contribution in [3.05, 3.63) is 30.3 Å². The van der Waals surface area contributed by atoms with E-state index in [2.05, 4.69) is 17.4 Å². The Bertz CT molecular complexity index is 286. The normalized spacial score (nSPS) is 26.2. The summed E-state index contributed by atoms with van der Waals surface area (Å²) in [5, 5.41) is 13.2. The van der Waals surface area contributed by atoms with E-state index >= 15 is 0 Å². The monoisotopic (exact) mass is 205 g/mol. The van der Waals surface area contributed by atoms with Crippen LogP contribution in [0.3, 0.4) is 0 Å². The molecule has 0 aromatic heterocycles. The second-order valence-electron chi connectivity index (χ2n) is 4.36. The first-order valence-electron chi connectivity index (χ1n) is 5.83. The fourth-order valence-electron chi connectivity index (χ4n) is 2.23. The molecule has 82 valence electrons. The van der Waals surface area contributed by atoms with Gasteiger partial charge in [-0.3, -0.25) is 0 Å². The average molecular weight is 205 g/mol. The summed E-state index contributed by atoms with van der Waals surface area (Å²) in [6, 6.07) is 10.2. The molecule has 1 fully saturated rings. The zero-order valence-electron chi connectivity index (χ0n) is 9.02. The molecule has 2 heteroatoms. The van der Waals surface area contributed by atoms with E-state index in [0.717, 1.165) is 25.1 Å². The van der Waals surface area contributed by atoms with Crippen molar-refractivity contribution in [1.82, 2.24) is 0 Å². The van der Waals surface area contributed by atoms with Crippen LogP contribution in [0.1, 0.15) is 25.7 Å². The maximum absolute atomic E-state index is 9.81. The molecule has 1 aromatic carbocycles. The Labute approximate surface area is 91.3 Å². The van der Waals surface area contributed by atoms with Crippen LogP contribution in [0.15, 0.2) is 30.3 Å². The standard InChI is InChI=1S/C13H19NO/c15-13-9-5-4-6-11(13)10-14-12-7-2-1-3-8-12/h1-3,7-8,11,13-15H,4-6,9-10H2/t11-,13?/m0/s1. The number of rotatable bonds is 3. The molecule has 0 aliphatic heterocycles. The third-order valence-electron chi connectivity index (χ3n) is 3.21. The SMILES string of the molecule is OC1CCCC[C@H]1CNc1ccccc1. The molecule has 1 saturated carbocycles. The van der Waals surface area contributed by atoms with E-state index in [4.69, 9.17) is 0 Å². The molecule has 1 aliphatic carbocycles. The molecule has 0 radical (unpaired) electrons. The molecule has 2 N–H and O–H groups in total. The third-order valence-corrected chi connectivity index (χ3v) is 3.21. The van der Waals surface area contributed by atoms with Gasteiger partial charge in [-0.2, -0.15) is 0 Å². The van der Waals surface area contributed by atoms with Gasteiger partial charge in [-0.05, 0) is 25.0 Å². The summed E-state index contributed by atoms with van der Waals surface area (Å²) in [5.41, 5.74) is 1.15. The van der Waals surface area contributed by atoms with Crippen LogP contribution in [0.25, 0.3) is 0 Å². The summed E-state index contributed by atoms with van der Waals surface area (Å²) in [7, 11) is 0. The molecule has 15 heavy (non-hydrogen) atoms. The maximum atomic E-state index is 9.81. The molecule has 1 aliphatic rings. The molecular weight excluding hydrogens is 186 g/mol. The lowest BCUT2D eigenvalue weighted by Crippen LogP contribution is -2.30. The largest absolute Gasteiger partial charge is 0.393 e. The van der Waals surface area contributed by atoms with E-state index in [1.165, 1.54) is 12.8 Å². The van der Waals surface area contributed by atoms with Crippen LogP contribution in [-0.4, -0.2) is 17.8 Å². The second kappa shape index (κ2) is 5.17. The van der Waals surface area contributed by atoms with Gasteiger partial charge in [-0.25, -0.2) is 0 Å². The zero-order valence-corrected chi connectivity index (χ0v) is 9.02. The highest BCUT2D eigenvalue weighted by molar-refractivity contribution is 5.42. The highest BCUT2D eigenvalue weighted by Gasteiger charge is 2.22. The predicted molar refractivity (Wildman–Crippen MR) is 62.9 cm³/mol. The van der Waals surface area contributed by atoms with Crippen molar-refractivity contribution in [3.63, 3.8) is 0 Å². The lowest BCUT2D eigenvalue weighted by molar-refractivity contribution is 0.0763. The minimum absolute atomic E-state index is 0.102. The van der Waals surface area contributed by atoms with Crippen LogP contribution in [-0.2, 0) is 0 Å². The van der Waals surface area contributed by atoms with E-state index in [0.29, 0.717) is 5.92 Å². The van der Waals surface area contributed by atoms with E-state index in [9.17, 15) is 5.11 Å². The summed E-state index contributed by atoms with van der Waals surface area (Å²) in [5.74, 6) is 0.430. The van der Waals surface area contributed by atoms with Gasteiger partial charge in [-0.1, -0.05) is 31.0 Å². The molecule has 0 heterocycles. The summed E-state index contributed by atoms with van der Waals surface area (Å²) in [6.45, 7) is 0.894. The zero-order chi connectivity index (χ0) is 10.5. The molecule has 2 atom stereocenters. The summed E-state index contributed by atoms with van der Waals surface area (Å²) < 4.78 is 0. The highest BCUT2D eigenvalue weighted by Crippen LogP contribution is 2.24. The lowest BCUT2D eigenvalue weighted by Gasteiger charge is -2.27. The summed E-state index contributed by atoms with van der Waals surface area (Å²) in [6.07, 6.45) is 4.47. The van der Waals surface area contributed by atoms with Gasteiger partial charge in [0, 0.05) is 18.2 Å². The molecule has 0 spiro atoms. The Morgan fingerprint density at radius 1 is 1.13 bits per heavy atom. The molecule has 1 aromatic rings. The number of para-hydroxylation sites is 1. The van der Waals surface area contributed by atoms with Crippen molar-refractivity contribution in [2.24, 2.45) is 5.92 Å². The number of aliphatic hydroxyl groups is 1. The van der Waals surface area contributed by atoms with Crippen LogP contribution >= 0.6 is 0 Å². The molecule has 2 nitrogen and oxygen atoms in total. The number of hydrogen-bond donors (Lipinski definition) is 2. The fraction of sp³-hybridized carbons (Fsp3) is 0.538.